The minimum Gasteiger partial charge on any atom is -0.763 e. The first-order valence-corrected chi connectivity index (χ1v) is 5.92. The Morgan fingerprint density at radius 2 is 2.00 bits per heavy atom. The quantitative estimate of drug-likeness (QED) is 0.293. The van der Waals surface area contributed by atoms with Crippen LogP contribution in [0.1, 0.15) is 12.8 Å². The molecular weight excluding hydrogens is 266 g/mol. The Kier molecular flexibility index (Phi) is 3.49. The standard InChI is InChI=1S/C12H12N3O5/c13-6-7-5-8(16)11(17)10(15(19)20)9(7)12(18)14-3-1-2-4-14/h5,16-18H,1-4H2/q-1. The zero-order valence-corrected chi connectivity index (χ0v) is 10.4. The van der Waals surface area contributed by atoms with Crippen molar-refractivity contribution in [3.05, 3.63) is 32.0 Å². The van der Waals surface area contributed by atoms with Gasteiger partial charge in [0.25, 0.3) is 0 Å². The summed E-state index contributed by atoms with van der Waals surface area (Å²) >= 11 is 0. The average molecular weight is 278 g/mol. The zero-order chi connectivity index (χ0) is 14.9. The number of rotatable bonds is 2. The number of aliphatic hydroxyl groups excluding tert-OH is 1. The van der Waals surface area contributed by atoms with Crippen molar-refractivity contribution < 1.29 is 20.2 Å². The Bertz CT molecular complexity index is 703. The number of nitrogens with zero attached hydrogens (tertiary/aromatic N) is 3. The van der Waals surface area contributed by atoms with E-state index in [1.165, 1.54) is 4.90 Å². The molecule has 1 heterocycles. The number of nitro benzene ring substituents is 1. The third kappa shape index (κ3) is 2.12. The van der Waals surface area contributed by atoms with Gasteiger partial charge in [-0.1, -0.05) is 0 Å². The fourth-order valence-corrected chi connectivity index (χ4v) is 2.22. The van der Waals surface area contributed by atoms with Gasteiger partial charge in [0.1, 0.15) is 5.22 Å². The molecule has 8 nitrogen and oxygen atoms in total. The number of phenols is 2. The van der Waals surface area contributed by atoms with Gasteiger partial charge >= 0.3 is 5.69 Å². The monoisotopic (exact) mass is 278 g/mol. The van der Waals surface area contributed by atoms with Gasteiger partial charge in [-0.25, -0.2) is 0 Å². The molecule has 20 heavy (non-hydrogen) atoms. The van der Waals surface area contributed by atoms with E-state index in [9.17, 15) is 25.4 Å². The number of nitro groups is 1. The van der Waals surface area contributed by atoms with Gasteiger partial charge in [0.15, 0.2) is 5.75 Å². The minimum absolute atomic E-state index is 0.267. The molecule has 0 saturated carbocycles. The maximum Gasteiger partial charge on any atom is 0.328 e. The Morgan fingerprint density at radius 1 is 1.40 bits per heavy atom. The predicted molar refractivity (Wildman–Crippen MR) is 70.0 cm³/mol. The SMILES string of the molecule is [N-]=C=c1cc(O)c(O)c([N+](=O)[O-])c1=C(O)N1CCCC1. The molecule has 106 valence electrons. The number of aromatic hydroxyl groups is 2. The molecule has 0 unspecified atom stereocenters. The van der Waals surface area contributed by atoms with Crippen molar-refractivity contribution in [1.29, 1.82) is 0 Å². The maximum absolute atomic E-state index is 11.1. The van der Waals surface area contributed by atoms with E-state index in [2.05, 4.69) is 0 Å². The van der Waals surface area contributed by atoms with Gasteiger partial charge in [0.05, 0.1) is 4.92 Å². The van der Waals surface area contributed by atoms with Crippen molar-refractivity contribution in [3.8, 4) is 11.5 Å². The Labute approximate surface area is 113 Å². The highest BCUT2D eigenvalue weighted by molar-refractivity contribution is 5.66. The van der Waals surface area contributed by atoms with Crippen molar-refractivity contribution in [2.75, 3.05) is 13.1 Å². The smallest absolute Gasteiger partial charge is 0.328 e. The molecule has 2 rings (SSSR count). The van der Waals surface area contributed by atoms with Crippen LogP contribution in [0.25, 0.3) is 11.3 Å². The van der Waals surface area contributed by atoms with Crippen LogP contribution in [0.15, 0.2) is 6.07 Å². The van der Waals surface area contributed by atoms with Crippen LogP contribution in [0, 0.1) is 10.1 Å². The van der Waals surface area contributed by atoms with E-state index in [0.29, 0.717) is 13.1 Å². The molecule has 1 saturated heterocycles. The molecule has 0 amide bonds. The first-order valence-electron chi connectivity index (χ1n) is 5.92. The summed E-state index contributed by atoms with van der Waals surface area (Å²) in [7, 11) is 0. The topological polar surface area (TPSA) is 129 Å². The van der Waals surface area contributed by atoms with E-state index in [0.717, 1.165) is 18.9 Å². The third-order valence-corrected chi connectivity index (χ3v) is 3.19. The van der Waals surface area contributed by atoms with E-state index in [-0.39, 0.29) is 10.4 Å². The molecule has 3 N–H and O–H groups in total. The van der Waals surface area contributed by atoms with Crippen LogP contribution in [-0.4, -0.2) is 44.1 Å². The van der Waals surface area contributed by atoms with Crippen molar-refractivity contribution >= 4 is 17.4 Å². The lowest BCUT2D eigenvalue weighted by Crippen LogP contribution is -2.36. The van der Waals surface area contributed by atoms with Gasteiger partial charge in [0, 0.05) is 18.3 Å². The number of likely N-dealkylation sites (tertiary alicyclic amines) is 1. The van der Waals surface area contributed by atoms with E-state index in [1.807, 2.05) is 0 Å². The highest BCUT2D eigenvalue weighted by atomic mass is 16.6. The second kappa shape index (κ2) is 5.10. The molecule has 0 bridgehead atoms. The predicted octanol–water partition coefficient (Wildman–Crippen LogP) is -0.364. The molecule has 1 aromatic carbocycles. The average Bonchev–Trinajstić information content (AvgIpc) is 2.93. The summed E-state index contributed by atoms with van der Waals surface area (Å²) in [5, 5.41) is 48.7. The molecule has 0 aromatic heterocycles. The highest BCUT2D eigenvalue weighted by Crippen LogP contribution is 2.30. The third-order valence-electron chi connectivity index (χ3n) is 3.19. The molecule has 0 aliphatic carbocycles. The van der Waals surface area contributed by atoms with Crippen molar-refractivity contribution in [2.24, 2.45) is 0 Å². The van der Waals surface area contributed by atoms with Crippen LogP contribution in [0.4, 0.5) is 5.69 Å². The molecule has 0 radical (unpaired) electrons. The van der Waals surface area contributed by atoms with E-state index >= 15 is 0 Å². The summed E-state index contributed by atoms with van der Waals surface area (Å²) in [5.74, 6) is -0.485. The van der Waals surface area contributed by atoms with Gasteiger partial charge in [-0.2, -0.15) is 0 Å². The summed E-state index contributed by atoms with van der Waals surface area (Å²) in [6.07, 6.45) is 1.65. The van der Waals surface area contributed by atoms with Gasteiger partial charge in [-0.15, -0.1) is 0 Å². The molecule has 0 atom stereocenters. The highest BCUT2D eigenvalue weighted by Gasteiger charge is 2.25. The van der Waals surface area contributed by atoms with Gasteiger partial charge in [-0.3, -0.25) is 16.0 Å². The number of phenolic OH excluding ortho intramolecular Hbond substituents is 2. The van der Waals surface area contributed by atoms with Gasteiger partial charge in [0.2, 0.25) is 11.6 Å². The first kappa shape index (κ1) is 13.7. The second-order valence-electron chi connectivity index (χ2n) is 4.40. The van der Waals surface area contributed by atoms with E-state index < -0.39 is 28.0 Å². The van der Waals surface area contributed by atoms with Crippen LogP contribution in [0.3, 0.4) is 0 Å². The molecular formula is C12H12N3O5-. The van der Waals surface area contributed by atoms with E-state index in [4.69, 9.17) is 5.41 Å². The van der Waals surface area contributed by atoms with Crippen molar-refractivity contribution in [1.82, 2.24) is 4.90 Å². The zero-order valence-electron chi connectivity index (χ0n) is 10.4. The van der Waals surface area contributed by atoms with Gasteiger partial charge in [-0.05, 0) is 18.9 Å². The number of benzene rings is 1. The number of hydrogen-bond donors (Lipinski definition) is 3. The largest absolute Gasteiger partial charge is 0.763 e. The minimum atomic E-state index is -0.963. The Morgan fingerprint density at radius 3 is 2.50 bits per heavy atom. The lowest BCUT2D eigenvalue weighted by molar-refractivity contribution is -0.387. The van der Waals surface area contributed by atoms with Crippen LogP contribution in [-0.2, 0) is 0 Å². The Hall–Kier alpha value is -2.73. The molecule has 0 spiro atoms. The second-order valence-corrected chi connectivity index (χ2v) is 4.40. The molecule has 1 fully saturated rings. The molecule has 1 aliphatic heterocycles. The normalized spacial score (nSPS) is 15.9. The summed E-state index contributed by atoms with van der Waals surface area (Å²) in [4.78, 5) is 11.6. The van der Waals surface area contributed by atoms with Crippen molar-refractivity contribution in [3.63, 3.8) is 0 Å². The summed E-state index contributed by atoms with van der Waals surface area (Å²) < 4.78 is 0. The first-order chi connectivity index (χ1) is 9.47. The summed E-state index contributed by atoms with van der Waals surface area (Å²) in [5.41, 5.74) is -0.869. The number of hydrogen-bond acceptors (Lipinski definition) is 6. The van der Waals surface area contributed by atoms with Gasteiger partial charge < -0.3 is 25.6 Å². The fourth-order valence-electron chi connectivity index (χ4n) is 2.22. The van der Waals surface area contributed by atoms with Crippen LogP contribution < -0.4 is 10.4 Å². The van der Waals surface area contributed by atoms with Crippen molar-refractivity contribution in [2.45, 2.75) is 12.8 Å². The van der Waals surface area contributed by atoms with Crippen LogP contribution in [0.2, 0.25) is 0 Å². The molecule has 1 aliphatic rings. The summed E-state index contributed by atoms with van der Waals surface area (Å²) in [6, 6.07) is 0.893. The van der Waals surface area contributed by atoms with Crippen LogP contribution >= 0.6 is 0 Å². The lowest BCUT2D eigenvalue weighted by Gasteiger charge is -2.16. The lowest BCUT2D eigenvalue weighted by atomic mass is 10.1. The van der Waals surface area contributed by atoms with E-state index in [1.54, 1.807) is 5.87 Å². The maximum atomic E-state index is 11.1. The Balaban J connectivity index is 2.93. The fraction of sp³-hybridized carbons (Fsp3) is 0.333. The molecule has 1 aromatic rings. The summed E-state index contributed by atoms with van der Waals surface area (Å²) in [6.45, 7) is 1.02. The number of aliphatic hydroxyl groups is 1. The molecule has 8 heteroatoms. The van der Waals surface area contributed by atoms with Crippen LogP contribution in [0.5, 0.6) is 11.5 Å².